The van der Waals surface area contributed by atoms with E-state index in [0.717, 1.165) is 9.58 Å². The van der Waals surface area contributed by atoms with E-state index in [-0.39, 0.29) is 5.56 Å². The Balaban J connectivity index is 2.80. The van der Waals surface area contributed by atoms with Crippen LogP contribution in [0.2, 0.25) is 0 Å². The summed E-state index contributed by atoms with van der Waals surface area (Å²) < 4.78 is 14.3. The molecule has 0 bridgehead atoms. The first-order valence-corrected chi connectivity index (χ1v) is 4.83. The number of aryl methyl sites for hydroxylation is 1. The van der Waals surface area contributed by atoms with Crippen LogP contribution in [0.1, 0.15) is 15.2 Å². The summed E-state index contributed by atoms with van der Waals surface area (Å²) in [5, 5.41) is 9.09. The van der Waals surface area contributed by atoms with E-state index in [4.69, 9.17) is 5.11 Å². The molecule has 0 saturated carbocycles. The minimum Gasteiger partial charge on any atom is -0.478 e. The van der Waals surface area contributed by atoms with Crippen LogP contribution in [0, 0.1) is 12.7 Å². The lowest BCUT2D eigenvalue weighted by Gasteiger charge is -1.97. The fraction of sp³-hybridized carbons (Fsp3) is 0.100. The second-order valence-corrected chi connectivity index (χ2v) is 4.29. The SMILES string of the molecule is Cc1cc2c(F)c(C(=O)O)ccc2s1. The van der Waals surface area contributed by atoms with Gasteiger partial charge in [0.1, 0.15) is 5.82 Å². The Morgan fingerprint density at radius 2 is 2.21 bits per heavy atom. The first-order chi connectivity index (χ1) is 6.59. The second-order valence-electron chi connectivity index (χ2n) is 3.00. The molecule has 2 aromatic rings. The second kappa shape index (κ2) is 3.06. The molecule has 0 fully saturated rings. The predicted octanol–water partition coefficient (Wildman–Crippen LogP) is 3.05. The molecule has 1 aromatic heterocycles. The van der Waals surface area contributed by atoms with Gasteiger partial charge in [0.25, 0.3) is 0 Å². The van der Waals surface area contributed by atoms with Gasteiger partial charge in [-0.3, -0.25) is 0 Å². The molecular weight excluding hydrogens is 203 g/mol. The molecule has 1 N–H and O–H groups in total. The molecule has 0 atom stereocenters. The quantitative estimate of drug-likeness (QED) is 0.785. The van der Waals surface area contributed by atoms with E-state index >= 15 is 0 Å². The number of fused-ring (bicyclic) bond motifs is 1. The van der Waals surface area contributed by atoms with E-state index in [0.29, 0.717) is 5.39 Å². The summed E-state index contributed by atoms with van der Waals surface area (Å²) in [6.45, 7) is 1.87. The number of hydrogen-bond donors (Lipinski definition) is 1. The van der Waals surface area contributed by atoms with Crippen molar-refractivity contribution >= 4 is 27.4 Å². The standard InChI is InChI=1S/C10H7FO2S/c1-5-4-7-8(14-5)3-2-6(9(7)11)10(12)13/h2-4H,1H3,(H,12,13). The fourth-order valence-electron chi connectivity index (χ4n) is 1.37. The minimum atomic E-state index is -1.23. The Kier molecular flexibility index (Phi) is 2.00. The van der Waals surface area contributed by atoms with Crippen molar-refractivity contribution in [3.05, 3.63) is 34.5 Å². The molecular formula is C10H7FO2S. The summed E-state index contributed by atoms with van der Waals surface area (Å²) in [7, 11) is 0. The third kappa shape index (κ3) is 1.28. The van der Waals surface area contributed by atoms with Crippen molar-refractivity contribution in [2.45, 2.75) is 6.92 Å². The van der Waals surface area contributed by atoms with E-state index in [1.807, 2.05) is 6.92 Å². The van der Waals surface area contributed by atoms with Crippen LogP contribution in [0.5, 0.6) is 0 Å². The molecule has 2 nitrogen and oxygen atoms in total. The highest BCUT2D eigenvalue weighted by molar-refractivity contribution is 7.19. The first-order valence-electron chi connectivity index (χ1n) is 4.01. The number of carboxylic acid groups (broad SMARTS) is 1. The molecule has 4 heteroatoms. The summed E-state index contributed by atoms with van der Waals surface area (Å²) in [6.07, 6.45) is 0. The zero-order valence-electron chi connectivity index (χ0n) is 7.37. The smallest absolute Gasteiger partial charge is 0.338 e. The third-order valence-corrected chi connectivity index (χ3v) is 3.00. The van der Waals surface area contributed by atoms with Gasteiger partial charge in [-0.25, -0.2) is 9.18 Å². The van der Waals surface area contributed by atoms with E-state index in [2.05, 4.69) is 0 Å². The molecule has 0 amide bonds. The van der Waals surface area contributed by atoms with Crippen LogP contribution in [0.3, 0.4) is 0 Å². The fourth-order valence-corrected chi connectivity index (χ4v) is 2.29. The van der Waals surface area contributed by atoms with E-state index in [1.165, 1.54) is 17.4 Å². The van der Waals surface area contributed by atoms with Crippen LogP contribution < -0.4 is 0 Å². The molecule has 0 aliphatic rings. The molecule has 1 aromatic carbocycles. The normalized spacial score (nSPS) is 10.7. The minimum absolute atomic E-state index is 0.268. The van der Waals surface area contributed by atoms with Crippen molar-refractivity contribution in [3.63, 3.8) is 0 Å². The highest BCUT2D eigenvalue weighted by atomic mass is 32.1. The van der Waals surface area contributed by atoms with Gasteiger partial charge in [-0.2, -0.15) is 0 Å². The number of rotatable bonds is 1. The van der Waals surface area contributed by atoms with Gasteiger partial charge in [-0.1, -0.05) is 0 Å². The zero-order valence-corrected chi connectivity index (χ0v) is 8.19. The molecule has 0 aliphatic carbocycles. The lowest BCUT2D eigenvalue weighted by Crippen LogP contribution is -1.99. The van der Waals surface area contributed by atoms with Gasteiger partial charge >= 0.3 is 5.97 Å². The summed E-state index contributed by atoms with van der Waals surface area (Å²) in [4.78, 5) is 11.6. The van der Waals surface area contributed by atoms with E-state index in [9.17, 15) is 9.18 Å². The van der Waals surface area contributed by atoms with Gasteiger partial charge in [0.15, 0.2) is 0 Å². The van der Waals surface area contributed by atoms with Crippen molar-refractivity contribution in [1.82, 2.24) is 0 Å². The summed E-state index contributed by atoms with van der Waals surface area (Å²) in [6, 6.07) is 4.61. The van der Waals surface area contributed by atoms with Crippen LogP contribution in [0.4, 0.5) is 4.39 Å². The Morgan fingerprint density at radius 1 is 1.50 bits per heavy atom. The Morgan fingerprint density at radius 3 is 2.86 bits per heavy atom. The maximum absolute atomic E-state index is 13.6. The molecule has 2 rings (SSSR count). The molecule has 1 heterocycles. The van der Waals surface area contributed by atoms with E-state index in [1.54, 1.807) is 12.1 Å². The largest absolute Gasteiger partial charge is 0.478 e. The molecule has 0 radical (unpaired) electrons. The predicted molar refractivity (Wildman–Crippen MR) is 53.5 cm³/mol. The summed E-state index contributed by atoms with van der Waals surface area (Å²) in [5.41, 5.74) is -0.268. The zero-order chi connectivity index (χ0) is 10.3. The van der Waals surface area contributed by atoms with Crippen LogP contribution in [-0.2, 0) is 0 Å². The summed E-state index contributed by atoms with van der Waals surface area (Å²) >= 11 is 1.45. The molecule has 0 saturated heterocycles. The molecule has 72 valence electrons. The number of halogens is 1. The maximum Gasteiger partial charge on any atom is 0.338 e. The van der Waals surface area contributed by atoms with Crippen LogP contribution in [-0.4, -0.2) is 11.1 Å². The van der Waals surface area contributed by atoms with E-state index < -0.39 is 11.8 Å². The number of benzene rings is 1. The van der Waals surface area contributed by atoms with Gasteiger partial charge < -0.3 is 5.11 Å². The van der Waals surface area contributed by atoms with Crippen molar-refractivity contribution in [1.29, 1.82) is 0 Å². The molecule has 0 spiro atoms. The Bertz CT molecular complexity index is 516. The molecule has 14 heavy (non-hydrogen) atoms. The maximum atomic E-state index is 13.6. The third-order valence-electron chi connectivity index (χ3n) is 1.99. The number of aromatic carboxylic acids is 1. The highest BCUT2D eigenvalue weighted by Gasteiger charge is 2.14. The number of thiophene rings is 1. The van der Waals surface area contributed by atoms with Gasteiger partial charge in [-0.05, 0) is 25.1 Å². The summed E-state index contributed by atoms with van der Waals surface area (Å²) in [5.74, 6) is -1.87. The average Bonchev–Trinajstić information content (AvgIpc) is 2.46. The lowest BCUT2D eigenvalue weighted by molar-refractivity contribution is 0.0692. The molecule has 0 aliphatic heterocycles. The van der Waals surface area contributed by atoms with Crippen LogP contribution in [0.25, 0.3) is 10.1 Å². The van der Waals surface area contributed by atoms with Gasteiger partial charge in [0.2, 0.25) is 0 Å². The molecule has 0 unspecified atom stereocenters. The first kappa shape index (κ1) is 9.15. The lowest BCUT2D eigenvalue weighted by atomic mass is 10.1. The topological polar surface area (TPSA) is 37.3 Å². The van der Waals surface area contributed by atoms with Crippen LogP contribution >= 0.6 is 11.3 Å². The monoisotopic (exact) mass is 210 g/mol. The van der Waals surface area contributed by atoms with Gasteiger partial charge in [0.05, 0.1) is 5.56 Å². The number of carbonyl (C=O) groups is 1. The van der Waals surface area contributed by atoms with Crippen molar-refractivity contribution in [2.75, 3.05) is 0 Å². The highest BCUT2D eigenvalue weighted by Crippen LogP contribution is 2.28. The van der Waals surface area contributed by atoms with Crippen molar-refractivity contribution < 1.29 is 14.3 Å². The average molecular weight is 210 g/mol. The Labute approximate surface area is 83.6 Å². The van der Waals surface area contributed by atoms with Crippen molar-refractivity contribution in [2.24, 2.45) is 0 Å². The number of carboxylic acids is 1. The Hall–Kier alpha value is -1.42. The van der Waals surface area contributed by atoms with Crippen molar-refractivity contribution in [3.8, 4) is 0 Å². The van der Waals surface area contributed by atoms with Crippen LogP contribution in [0.15, 0.2) is 18.2 Å². The van der Waals surface area contributed by atoms with Gasteiger partial charge in [-0.15, -0.1) is 11.3 Å². The number of hydrogen-bond acceptors (Lipinski definition) is 2. The van der Waals surface area contributed by atoms with Gasteiger partial charge in [0, 0.05) is 15.0 Å².